The van der Waals surface area contributed by atoms with Gasteiger partial charge in [-0.15, -0.1) is 0 Å². The van der Waals surface area contributed by atoms with Crippen LogP contribution in [0.2, 0.25) is 0 Å². The normalized spacial score (nSPS) is 12.9. The minimum atomic E-state index is -0.447. The van der Waals surface area contributed by atoms with Crippen molar-refractivity contribution in [1.29, 1.82) is 0 Å². The first kappa shape index (κ1) is 20.2. The SMILES string of the molecule is CCN(CC)CC(O)COc1ccc(C(C)(C)C)cc1.[Cl-]. The summed E-state index contributed by atoms with van der Waals surface area (Å²) in [7, 11) is 0. The third-order valence-electron chi connectivity index (χ3n) is 3.53. The number of benzene rings is 1. The van der Waals surface area contributed by atoms with Crippen LogP contribution in [-0.4, -0.2) is 42.4 Å². The third-order valence-corrected chi connectivity index (χ3v) is 3.53. The zero-order valence-corrected chi connectivity index (χ0v) is 14.7. The lowest BCUT2D eigenvalue weighted by Gasteiger charge is -2.22. The summed E-state index contributed by atoms with van der Waals surface area (Å²) >= 11 is 0. The second-order valence-electron chi connectivity index (χ2n) is 6.23. The van der Waals surface area contributed by atoms with Gasteiger partial charge in [0.05, 0.1) is 0 Å². The second kappa shape index (κ2) is 9.29. The molecule has 0 heterocycles. The average molecular weight is 315 g/mol. The zero-order valence-electron chi connectivity index (χ0n) is 13.9. The Labute approximate surface area is 135 Å². The Bertz CT molecular complexity index is 383. The first-order valence-corrected chi connectivity index (χ1v) is 7.50. The van der Waals surface area contributed by atoms with E-state index in [0.717, 1.165) is 18.8 Å². The molecule has 3 nitrogen and oxygen atoms in total. The van der Waals surface area contributed by atoms with Gasteiger partial charge in [0.15, 0.2) is 0 Å². The van der Waals surface area contributed by atoms with Crippen molar-refractivity contribution >= 4 is 0 Å². The Morgan fingerprint density at radius 3 is 2.05 bits per heavy atom. The molecular weight excluding hydrogens is 286 g/mol. The van der Waals surface area contributed by atoms with E-state index in [9.17, 15) is 5.11 Å². The molecule has 1 aromatic rings. The predicted molar refractivity (Wildman–Crippen MR) is 84.4 cm³/mol. The van der Waals surface area contributed by atoms with E-state index in [-0.39, 0.29) is 17.8 Å². The highest BCUT2D eigenvalue weighted by atomic mass is 35.5. The minimum absolute atomic E-state index is 0. The van der Waals surface area contributed by atoms with Crippen molar-refractivity contribution < 1.29 is 22.3 Å². The van der Waals surface area contributed by atoms with Gasteiger partial charge in [0.1, 0.15) is 18.5 Å². The summed E-state index contributed by atoms with van der Waals surface area (Å²) in [6, 6.07) is 8.13. The molecule has 1 aromatic carbocycles. The number of hydrogen-bond acceptors (Lipinski definition) is 3. The Kier molecular flexibility index (Phi) is 8.95. The number of likely N-dealkylation sites (N-methyl/N-ethyl adjacent to an activating group) is 1. The molecule has 21 heavy (non-hydrogen) atoms. The Hall–Kier alpha value is -0.770. The number of ether oxygens (including phenoxy) is 1. The molecule has 0 aliphatic heterocycles. The lowest BCUT2D eigenvalue weighted by Crippen LogP contribution is -3.00. The Balaban J connectivity index is 0.00000400. The molecule has 0 bridgehead atoms. The zero-order chi connectivity index (χ0) is 15.2. The maximum absolute atomic E-state index is 9.96. The van der Waals surface area contributed by atoms with Crippen LogP contribution >= 0.6 is 0 Å². The standard InChI is InChI=1S/C17H29NO2.ClH/c1-6-18(7-2)12-15(19)13-20-16-10-8-14(9-11-16)17(3,4)5;/h8-11,15,19H,6-7,12-13H2,1-5H3;1H/p-1. The van der Waals surface area contributed by atoms with E-state index in [2.05, 4.69) is 51.7 Å². The molecule has 1 unspecified atom stereocenters. The molecule has 1 N–H and O–H groups in total. The summed E-state index contributed by atoms with van der Waals surface area (Å²) in [5, 5.41) is 9.96. The van der Waals surface area contributed by atoms with Gasteiger partial charge in [-0.05, 0) is 36.2 Å². The van der Waals surface area contributed by atoms with Crippen LogP contribution in [0.1, 0.15) is 40.2 Å². The van der Waals surface area contributed by atoms with E-state index in [1.165, 1.54) is 5.56 Å². The van der Waals surface area contributed by atoms with Crippen LogP contribution < -0.4 is 17.1 Å². The van der Waals surface area contributed by atoms with Crippen molar-refractivity contribution in [2.24, 2.45) is 0 Å². The van der Waals surface area contributed by atoms with Crippen molar-refractivity contribution in [2.45, 2.75) is 46.1 Å². The molecule has 0 aliphatic rings. The number of halogens is 1. The van der Waals surface area contributed by atoms with Gasteiger partial charge in [-0.1, -0.05) is 46.8 Å². The van der Waals surface area contributed by atoms with Crippen LogP contribution in [0.3, 0.4) is 0 Å². The highest BCUT2D eigenvalue weighted by Gasteiger charge is 2.13. The second-order valence-corrected chi connectivity index (χ2v) is 6.23. The number of aliphatic hydroxyl groups is 1. The molecule has 0 saturated heterocycles. The van der Waals surface area contributed by atoms with Crippen molar-refractivity contribution in [1.82, 2.24) is 4.90 Å². The topological polar surface area (TPSA) is 32.7 Å². The average Bonchev–Trinajstić information content (AvgIpc) is 2.42. The summed E-state index contributed by atoms with van der Waals surface area (Å²) < 4.78 is 5.65. The highest BCUT2D eigenvalue weighted by molar-refractivity contribution is 5.31. The monoisotopic (exact) mass is 314 g/mol. The molecular formula is C17H29ClNO2-. The van der Waals surface area contributed by atoms with Crippen molar-refractivity contribution in [3.05, 3.63) is 29.8 Å². The molecule has 0 fully saturated rings. The van der Waals surface area contributed by atoms with Crippen molar-refractivity contribution in [2.75, 3.05) is 26.2 Å². The molecule has 0 saturated carbocycles. The van der Waals surface area contributed by atoms with Gasteiger partial charge in [0, 0.05) is 6.54 Å². The van der Waals surface area contributed by atoms with E-state index in [4.69, 9.17) is 4.74 Å². The van der Waals surface area contributed by atoms with Crippen LogP contribution in [0.4, 0.5) is 0 Å². The van der Waals surface area contributed by atoms with Gasteiger partial charge in [0.25, 0.3) is 0 Å². The summed E-state index contributed by atoms with van der Waals surface area (Å²) in [6.07, 6.45) is -0.447. The van der Waals surface area contributed by atoms with Crippen molar-refractivity contribution in [3.8, 4) is 5.75 Å². The minimum Gasteiger partial charge on any atom is -1.00 e. The highest BCUT2D eigenvalue weighted by Crippen LogP contribution is 2.24. The third kappa shape index (κ3) is 7.16. The van der Waals surface area contributed by atoms with E-state index in [1.807, 2.05) is 12.1 Å². The fraction of sp³-hybridized carbons (Fsp3) is 0.647. The van der Waals surface area contributed by atoms with Crippen LogP contribution in [0.25, 0.3) is 0 Å². The van der Waals surface area contributed by atoms with E-state index < -0.39 is 6.10 Å². The van der Waals surface area contributed by atoms with Gasteiger partial charge in [-0.2, -0.15) is 0 Å². The van der Waals surface area contributed by atoms with Crippen LogP contribution in [0, 0.1) is 0 Å². The molecule has 0 aromatic heterocycles. The Morgan fingerprint density at radius 2 is 1.62 bits per heavy atom. The molecule has 1 atom stereocenters. The number of hydrogen-bond donors (Lipinski definition) is 1. The first-order valence-electron chi connectivity index (χ1n) is 7.50. The maximum Gasteiger partial charge on any atom is 0.119 e. The largest absolute Gasteiger partial charge is 1.00 e. The molecule has 0 amide bonds. The maximum atomic E-state index is 9.96. The van der Waals surface area contributed by atoms with Gasteiger partial charge in [-0.3, -0.25) is 0 Å². The van der Waals surface area contributed by atoms with E-state index >= 15 is 0 Å². The van der Waals surface area contributed by atoms with E-state index in [1.54, 1.807) is 0 Å². The van der Waals surface area contributed by atoms with Gasteiger partial charge >= 0.3 is 0 Å². The smallest absolute Gasteiger partial charge is 0.119 e. The lowest BCUT2D eigenvalue weighted by atomic mass is 9.87. The molecule has 0 spiro atoms. The molecule has 1 rings (SSSR count). The molecule has 0 radical (unpaired) electrons. The summed E-state index contributed by atoms with van der Waals surface area (Å²) in [5.74, 6) is 0.816. The predicted octanol–water partition coefficient (Wildman–Crippen LogP) is 0.0696. The Morgan fingerprint density at radius 1 is 1.10 bits per heavy atom. The molecule has 4 heteroatoms. The number of aliphatic hydroxyl groups excluding tert-OH is 1. The molecule has 0 aliphatic carbocycles. The van der Waals surface area contributed by atoms with Crippen LogP contribution in [-0.2, 0) is 5.41 Å². The fourth-order valence-corrected chi connectivity index (χ4v) is 2.08. The van der Waals surface area contributed by atoms with Crippen LogP contribution in [0.15, 0.2) is 24.3 Å². The van der Waals surface area contributed by atoms with Crippen molar-refractivity contribution in [3.63, 3.8) is 0 Å². The van der Waals surface area contributed by atoms with Crippen LogP contribution in [0.5, 0.6) is 5.75 Å². The summed E-state index contributed by atoms with van der Waals surface area (Å²) in [5.41, 5.74) is 1.44. The molecule has 122 valence electrons. The first-order chi connectivity index (χ1) is 9.36. The number of rotatable bonds is 7. The summed E-state index contributed by atoms with van der Waals surface area (Å²) in [4.78, 5) is 2.19. The number of nitrogens with zero attached hydrogens (tertiary/aromatic N) is 1. The van der Waals surface area contributed by atoms with Gasteiger partial charge < -0.3 is 27.2 Å². The summed E-state index contributed by atoms with van der Waals surface area (Å²) in [6.45, 7) is 13.7. The lowest BCUT2D eigenvalue weighted by molar-refractivity contribution is -0.00000686. The fourth-order valence-electron chi connectivity index (χ4n) is 2.08. The quantitative estimate of drug-likeness (QED) is 0.773. The van der Waals surface area contributed by atoms with Gasteiger partial charge in [0.2, 0.25) is 0 Å². The van der Waals surface area contributed by atoms with Gasteiger partial charge in [-0.25, -0.2) is 0 Å². The van der Waals surface area contributed by atoms with E-state index in [0.29, 0.717) is 13.2 Å².